The normalized spacial score (nSPS) is 17.0. The molecule has 0 saturated heterocycles. The van der Waals surface area contributed by atoms with Gasteiger partial charge in [0, 0.05) is 11.7 Å². The van der Waals surface area contributed by atoms with Crippen LogP contribution < -0.4 is 10.5 Å². The van der Waals surface area contributed by atoms with Gasteiger partial charge in [0.15, 0.2) is 0 Å². The minimum Gasteiger partial charge on any atom is -0.361 e. The van der Waals surface area contributed by atoms with E-state index in [1.807, 2.05) is 18.2 Å². The summed E-state index contributed by atoms with van der Waals surface area (Å²) in [4.78, 5) is 22.0. The van der Waals surface area contributed by atoms with Gasteiger partial charge in [0.25, 0.3) is 5.56 Å². The first-order valence-electron chi connectivity index (χ1n) is 7.55. The molecule has 0 saturated carbocycles. The van der Waals surface area contributed by atoms with E-state index < -0.39 is 0 Å². The summed E-state index contributed by atoms with van der Waals surface area (Å²) in [7, 11) is 0. The Bertz CT molecular complexity index is 900. The first-order valence-corrected chi connectivity index (χ1v) is 7.55. The zero-order valence-electron chi connectivity index (χ0n) is 12.4. The van der Waals surface area contributed by atoms with Crippen LogP contribution in [0.1, 0.15) is 18.3 Å². The molecule has 1 aliphatic rings. The molecule has 0 bridgehead atoms. The van der Waals surface area contributed by atoms with Crippen LogP contribution in [0.4, 0.5) is 5.69 Å². The van der Waals surface area contributed by atoms with Crippen LogP contribution in [0, 0.1) is 0 Å². The lowest BCUT2D eigenvalue weighted by Gasteiger charge is -2.24. The van der Waals surface area contributed by atoms with E-state index in [1.165, 1.54) is 11.3 Å². The molecule has 1 aromatic heterocycles. The molecule has 1 aliphatic heterocycles. The van der Waals surface area contributed by atoms with Crippen molar-refractivity contribution in [1.29, 1.82) is 0 Å². The third-order valence-electron chi connectivity index (χ3n) is 4.33. The minimum absolute atomic E-state index is 0.0688. The van der Waals surface area contributed by atoms with Gasteiger partial charge in [-0.25, -0.2) is 4.98 Å². The van der Waals surface area contributed by atoms with Gasteiger partial charge in [0.1, 0.15) is 5.82 Å². The van der Waals surface area contributed by atoms with Crippen molar-refractivity contribution in [3.63, 3.8) is 0 Å². The molecule has 3 aromatic rings. The molecule has 4 heteroatoms. The lowest BCUT2D eigenvalue weighted by Crippen LogP contribution is -2.30. The summed E-state index contributed by atoms with van der Waals surface area (Å²) >= 11 is 0. The third-order valence-corrected chi connectivity index (χ3v) is 4.33. The summed E-state index contributed by atoms with van der Waals surface area (Å²) in [6.45, 7) is 2.83. The Labute approximate surface area is 128 Å². The Balaban J connectivity index is 1.74. The lowest BCUT2D eigenvalue weighted by atomic mass is 10.1. The highest BCUT2D eigenvalue weighted by Gasteiger charge is 2.26. The SMILES string of the molecule is CC1Cc2ccccc2N1Cc1nc2ccccc2c(=O)[nH]1. The van der Waals surface area contributed by atoms with Gasteiger partial charge in [-0.15, -0.1) is 0 Å². The number of rotatable bonds is 2. The molecule has 0 amide bonds. The molecule has 1 atom stereocenters. The number of benzene rings is 2. The van der Waals surface area contributed by atoms with E-state index in [0.29, 0.717) is 23.8 Å². The van der Waals surface area contributed by atoms with Crippen LogP contribution in [0.15, 0.2) is 53.3 Å². The average molecular weight is 291 g/mol. The highest BCUT2D eigenvalue weighted by Crippen LogP contribution is 2.32. The smallest absolute Gasteiger partial charge is 0.258 e. The number of nitrogens with zero attached hydrogens (tertiary/aromatic N) is 2. The van der Waals surface area contributed by atoms with Crippen LogP contribution in [0.25, 0.3) is 10.9 Å². The summed E-state index contributed by atoms with van der Waals surface area (Å²) < 4.78 is 0. The van der Waals surface area contributed by atoms with Gasteiger partial charge in [-0.1, -0.05) is 30.3 Å². The summed E-state index contributed by atoms with van der Waals surface area (Å²) in [5.74, 6) is 0.715. The van der Waals surface area contributed by atoms with Crippen molar-refractivity contribution in [2.45, 2.75) is 25.9 Å². The van der Waals surface area contributed by atoms with Gasteiger partial charge in [0.05, 0.1) is 17.4 Å². The van der Waals surface area contributed by atoms with E-state index in [-0.39, 0.29) is 5.56 Å². The quantitative estimate of drug-likeness (QED) is 0.790. The Morgan fingerprint density at radius 2 is 1.95 bits per heavy atom. The Hall–Kier alpha value is -2.62. The molecule has 2 heterocycles. The molecule has 0 spiro atoms. The fourth-order valence-corrected chi connectivity index (χ4v) is 3.24. The number of hydrogen-bond acceptors (Lipinski definition) is 3. The number of para-hydroxylation sites is 2. The number of aromatic nitrogens is 2. The third kappa shape index (κ3) is 2.08. The van der Waals surface area contributed by atoms with Gasteiger partial charge >= 0.3 is 0 Å². The molecule has 1 unspecified atom stereocenters. The van der Waals surface area contributed by atoms with E-state index in [2.05, 4.69) is 46.1 Å². The maximum absolute atomic E-state index is 12.2. The Morgan fingerprint density at radius 3 is 2.86 bits per heavy atom. The number of H-pyrrole nitrogens is 1. The van der Waals surface area contributed by atoms with Crippen LogP contribution in [0.3, 0.4) is 0 Å². The predicted molar refractivity (Wildman–Crippen MR) is 88.2 cm³/mol. The Kier molecular flexibility index (Phi) is 2.96. The molecular formula is C18H17N3O. The van der Waals surface area contributed by atoms with E-state index >= 15 is 0 Å². The maximum atomic E-state index is 12.2. The molecule has 0 fully saturated rings. The van der Waals surface area contributed by atoms with Gasteiger partial charge < -0.3 is 9.88 Å². The van der Waals surface area contributed by atoms with Crippen molar-refractivity contribution in [2.75, 3.05) is 4.90 Å². The van der Waals surface area contributed by atoms with Crippen molar-refractivity contribution in [2.24, 2.45) is 0 Å². The van der Waals surface area contributed by atoms with E-state index in [4.69, 9.17) is 0 Å². The zero-order chi connectivity index (χ0) is 15.1. The van der Waals surface area contributed by atoms with Crippen molar-refractivity contribution >= 4 is 16.6 Å². The van der Waals surface area contributed by atoms with Gasteiger partial charge in [-0.3, -0.25) is 4.79 Å². The molecular weight excluding hydrogens is 274 g/mol. The van der Waals surface area contributed by atoms with Gasteiger partial charge in [-0.2, -0.15) is 0 Å². The second kappa shape index (κ2) is 4.98. The van der Waals surface area contributed by atoms with E-state index in [0.717, 1.165) is 11.9 Å². The largest absolute Gasteiger partial charge is 0.361 e. The van der Waals surface area contributed by atoms with Crippen LogP contribution in [-0.2, 0) is 13.0 Å². The van der Waals surface area contributed by atoms with Crippen molar-refractivity contribution < 1.29 is 0 Å². The highest BCUT2D eigenvalue weighted by molar-refractivity contribution is 5.77. The number of aromatic amines is 1. The minimum atomic E-state index is -0.0688. The average Bonchev–Trinajstić information content (AvgIpc) is 2.84. The topological polar surface area (TPSA) is 49.0 Å². The predicted octanol–water partition coefficient (Wildman–Crippen LogP) is 2.87. The second-order valence-electron chi connectivity index (χ2n) is 5.84. The van der Waals surface area contributed by atoms with Crippen LogP contribution in [0.2, 0.25) is 0 Å². The van der Waals surface area contributed by atoms with Crippen molar-refractivity contribution in [1.82, 2.24) is 9.97 Å². The zero-order valence-corrected chi connectivity index (χ0v) is 12.4. The lowest BCUT2D eigenvalue weighted by molar-refractivity contribution is 0.655. The summed E-state index contributed by atoms with van der Waals surface area (Å²) in [5, 5.41) is 0.640. The summed E-state index contributed by atoms with van der Waals surface area (Å²) in [6.07, 6.45) is 1.04. The molecule has 22 heavy (non-hydrogen) atoms. The van der Waals surface area contributed by atoms with Crippen molar-refractivity contribution in [3.05, 3.63) is 70.3 Å². The van der Waals surface area contributed by atoms with E-state index in [9.17, 15) is 4.79 Å². The summed E-state index contributed by atoms with van der Waals surface area (Å²) in [5.41, 5.74) is 3.28. The van der Waals surface area contributed by atoms with Crippen molar-refractivity contribution in [3.8, 4) is 0 Å². The second-order valence-corrected chi connectivity index (χ2v) is 5.84. The number of nitrogens with one attached hydrogen (secondary N) is 1. The number of hydrogen-bond donors (Lipinski definition) is 1. The molecule has 0 aliphatic carbocycles. The molecule has 4 rings (SSSR count). The first-order chi connectivity index (χ1) is 10.7. The molecule has 4 nitrogen and oxygen atoms in total. The van der Waals surface area contributed by atoms with Gasteiger partial charge in [0.2, 0.25) is 0 Å². The number of fused-ring (bicyclic) bond motifs is 2. The van der Waals surface area contributed by atoms with Crippen LogP contribution in [0.5, 0.6) is 0 Å². The summed E-state index contributed by atoms with van der Waals surface area (Å²) in [6, 6.07) is 16.3. The molecule has 0 radical (unpaired) electrons. The fraction of sp³-hybridized carbons (Fsp3) is 0.222. The maximum Gasteiger partial charge on any atom is 0.258 e. The standard InChI is InChI=1S/C18H17N3O/c1-12-10-13-6-2-5-9-16(13)21(12)11-17-19-15-8-4-3-7-14(15)18(22)20-17/h2-9,12H,10-11H2,1H3,(H,19,20,22). The highest BCUT2D eigenvalue weighted by atomic mass is 16.1. The van der Waals surface area contributed by atoms with Crippen LogP contribution in [-0.4, -0.2) is 16.0 Å². The molecule has 2 aromatic carbocycles. The first kappa shape index (κ1) is 13.1. The van der Waals surface area contributed by atoms with Gasteiger partial charge in [-0.05, 0) is 37.1 Å². The fourth-order valence-electron chi connectivity index (χ4n) is 3.24. The monoisotopic (exact) mass is 291 g/mol. The molecule has 110 valence electrons. The number of anilines is 1. The van der Waals surface area contributed by atoms with Crippen LogP contribution >= 0.6 is 0 Å². The Morgan fingerprint density at radius 1 is 1.18 bits per heavy atom. The van der Waals surface area contributed by atoms with E-state index in [1.54, 1.807) is 6.07 Å². The molecule has 1 N–H and O–H groups in total.